The molecule has 1 aromatic carbocycles. The van der Waals surface area contributed by atoms with Gasteiger partial charge < -0.3 is 10.6 Å². The maximum Gasteiger partial charge on any atom is 0.0412 e. The zero-order valence-corrected chi connectivity index (χ0v) is 11.6. The predicted octanol–water partition coefficient (Wildman–Crippen LogP) is 3.58. The highest BCUT2D eigenvalue weighted by Gasteiger charge is 2.13. The van der Waals surface area contributed by atoms with Crippen LogP contribution in [0.2, 0.25) is 0 Å². The normalized spacial score (nSPS) is 14.4. The Labute approximate surface area is 106 Å². The zero-order valence-electron chi connectivity index (χ0n) is 11.6. The molecular formula is C15H26N2. The van der Waals surface area contributed by atoms with Gasteiger partial charge in [-0.15, -0.1) is 0 Å². The highest BCUT2D eigenvalue weighted by Crippen LogP contribution is 2.26. The molecule has 0 aromatic heterocycles. The van der Waals surface area contributed by atoms with E-state index in [2.05, 4.69) is 57.0 Å². The largest absolute Gasteiger partial charge is 0.374 e. The van der Waals surface area contributed by atoms with Gasteiger partial charge in [-0.05, 0) is 24.0 Å². The Hall–Kier alpha value is -1.02. The van der Waals surface area contributed by atoms with Crippen molar-refractivity contribution in [1.82, 2.24) is 0 Å². The lowest BCUT2D eigenvalue weighted by atomic mass is 10.0. The van der Waals surface area contributed by atoms with Crippen LogP contribution in [0.3, 0.4) is 0 Å². The van der Waals surface area contributed by atoms with Crippen LogP contribution in [-0.4, -0.2) is 13.6 Å². The van der Waals surface area contributed by atoms with Crippen LogP contribution in [0.15, 0.2) is 24.3 Å². The Morgan fingerprint density at radius 1 is 1.18 bits per heavy atom. The SMILES string of the molecule is CCC(C)CN(C)c1ccccc1[C@H](N)CC. The Bertz CT molecular complexity index is 335. The molecule has 2 nitrogen and oxygen atoms in total. The Kier molecular flexibility index (Phi) is 5.49. The average Bonchev–Trinajstić information content (AvgIpc) is 2.37. The lowest BCUT2D eigenvalue weighted by Crippen LogP contribution is -2.26. The zero-order chi connectivity index (χ0) is 12.8. The van der Waals surface area contributed by atoms with Crippen molar-refractivity contribution in [2.45, 2.75) is 39.7 Å². The van der Waals surface area contributed by atoms with Crippen molar-refractivity contribution < 1.29 is 0 Å². The van der Waals surface area contributed by atoms with Gasteiger partial charge in [-0.3, -0.25) is 0 Å². The van der Waals surface area contributed by atoms with Crippen molar-refractivity contribution in [3.8, 4) is 0 Å². The molecule has 0 heterocycles. The van der Waals surface area contributed by atoms with Crippen LogP contribution in [0.25, 0.3) is 0 Å². The van der Waals surface area contributed by atoms with E-state index >= 15 is 0 Å². The summed E-state index contributed by atoms with van der Waals surface area (Å²) in [4.78, 5) is 2.33. The molecular weight excluding hydrogens is 208 g/mol. The fourth-order valence-corrected chi connectivity index (χ4v) is 2.06. The van der Waals surface area contributed by atoms with Gasteiger partial charge in [0.25, 0.3) is 0 Å². The maximum absolute atomic E-state index is 6.17. The minimum absolute atomic E-state index is 0.144. The van der Waals surface area contributed by atoms with Gasteiger partial charge in [0, 0.05) is 25.3 Å². The minimum atomic E-state index is 0.144. The predicted molar refractivity (Wildman–Crippen MR) is 76.4 cm³/mol. The van der Waals surface area contributed by atoms with Crippen LogP contribution < -0.4 is 10.6 Å². The van der Waals surface area contributed by atoms with Crippen LogP contribution in [0.1, 0.15) is 45.2 Å². The van der Waals surface area contributed by atoms with Crippen LogP contribution in [0.4, 0.5) is 5.69 Å². The van der Waals surface area contributed by atoms with Gasteiger partial charge in [-0.2, -0.15) is 0 Å². The second kappa shape index (κ2) is 6.65. The summed E-state index contributed by atoms with van der Waals surface area (Å²) >= 11 is 0. The van der Waals surface area contributed by atoms with Gasteiger partial charge >= 0.3 is 0 Å². The minimum Gasteiger partial charge on any atom is -0.374 e. The summed E-state index contributed by atoms with van der Waals surface area (Å²) in [5, 5.41) is 0. The first-order valence-corrected chi connectivity index (χ1v) is 6.65. The second-order valence-electron chi connectivity index (χ2n) is 4.97. The molecule has 0 radical (unpaired) electrons. The monoisotopic (exact) mass is 234 g/mol. The molecule has 0 saturated heterocycles. The molecule has 2 N–H and O–H groups in total. The molecule has 1 rings (SSSR count). The van der Waals surface area contributed by atoms with Gasteiger partial charge in [-0.1, -0.05) is 45.4 Å². The van der Waals surface area contributed by atoms with Crippen molar-refractivity contribution in [2.75, 3.05) is 18.5 Å². The first kappa shape index (κ1) is 14.0. The molecule has 0 bridgehead atoms. The van der Waals surface area contributed by atoms with Crippen molar-refractivity contribution in [3.63, 3.8) is 0 Å². The van der Waals surface area contributed by atoms with Gasteiger partial charge in [0.1, 0.15) is 0 Å². The standard InChI is InChI=1S/C15H26N2/c1-5-12(3)11-17(4)15-10-8-7-9-13(15)14(16)6-2/h7-10,12,14H,5-6,11,16H2,1-4H3/t12?,14-/m1/s1. The molecule has 96 valence electrons. The lowest BCUT2D eigenvalue weighted by Gasteiger charge is -2.27. The average molecular weight is 234 g/mol. The summed E-state index contributed by atoms with van der Waals surface area (Å²) in [6.45, 7) is 7.75. The fourth-order valence-electron chi connectivity index (χ4n) is 2.06. The van der Waals surface area contributed by atoms with Crippen molar-refractivity contribution in [2.24, 2.45) is 11.7 Å². The molecule has 17 heavy (non-hydrogen) atoms. The number of rotatable bonds is 6. The Morgan fingerprint density at radius 3 is 2.41 bits per heavy atom. The van der Waals surface area contributed by atoms with E-state index in [1.54, 1.807) is 0 Å². The second-order valence-corrected chi connectivity index (χ2v) is 4.97. The van der Waals surface area contributed by atoms with Gasteiger partial charge in [0.2, 0.25) is 0 Å². The quantitative estimate of drug-likeness (QED) is 0.815. The highest BCUT2D eigenvalue weighted by atomic mass is 15.1. The number of benzene rings is 1. The summed E-state index contributed by atoms with van der Waals surface area (Å²) in [5.41, 5.74) is 8.71. The molecule has 1 unspecified atom stereocenters. The van der Waals surface area contributed by atoms with E-state index in [9.17, 15) is 0 Å². The lowest BCUT2D eigenvalue weighted by molar-refractivity contribution is 0.557. The maximum atomic E-state index is 6.17. The van der Waals surface area contributed by atoms with E-state index in [1.807, 2.05) is 0 Å². The first-order valence-electron chi connectivity index (χ1n) is 6.65. The van der Waals surface area contributed by atoms with E-state index in [1.165, 1.54) is 17.7 Å². The van der Waals surface area contributed by atoms with Gasteiger partial charge in [-0.25, -0.2) is 0 Å². The summed E-state index contributed by atoms with van der Waals surface area (Å²) in [5.74, 6) is 0.714. The fraction of sp³-hybridized carbons (Fsp3) is 0.600. The van der Waals surface area contributed by atoms with E-state index < -0.39 is 0 Å². The van der Waals surface area contributed by atoms with E-state index in [0.29, 0.717) is 5.92 Å². The van der Waals surface area contributed by atoms with Crippen molar-refractivity contribution in [3.05, 3.63) is 29.8 Å². The molecule has 0 aliphatic carbocycles. The number of nitrogens with zero attached hydrogens (tertiary/aromatic N) is 1. The van der Waals surface area contributed by atoms with Gasteiger partial charge in [0.05, 0.1) is 0 Å². The summed E-state index contributed by atoms with van der Waals surface area (Å²) in [6, 6.07) is 8.63. The highest BCUT2D eigenvalue weighted by molar-refractivity contribution is 5.54. The molecule has 2 heteroatoms. The summed E-state index contributed by atoms with van der Waals surface area (Å²) in [6.07, 6.45) is 2.19. The number of anilines is 1. The molecule has 2 atom stereocenters. The van der Waals surface area contributed by atoms with Crippen LogP contribution in [0, 0.1) is 5.92 Å². The number of para-hydroxylation sites is 1. The molecule has 0 aliphatic heterocycles. The molecule has 0 fully saturated rings. The van der Waals surface area contributed by atoms with E-state index in [4.69, 9.17) is 5.73 Å². The molecule has 0 amide bonds. The molecule has 1 aromatic rings. The summed E-state index contributed by atoms with van der Waals surface area (Å²) < 4.78 is 0. The van der Waals surface area contributed by atoms with Crippen molar-refractivity contribution in [1.29, 1.82) is 0 Å². The topological polar surface area (TPSA) is 29.3 Å². The van der Waals surface area contributed by atoms with Crippen molar-refractivity contribution >= 4 is 5.69 Å². The molecule has 0 aliphatic rings. The van der Waals surface area contributed by atoms with E-state index in [-0.39, 0.29) is 6.04 Å². The Morgan fingerprint density at radius 2 is 1.82 bits per heavy atom. The Balaban J connectivity index is 2.88. The number of hydrogen-bond donors (Lipinski definition) is 1. The number of hydrogen-bond acceptors (Lipinski definition) is 2. The third kappa shape index (κ3) is 3.74. The third-order valence-electron chi connectivity index (χ3n) is 3.47. The van der Waals surface area contributed by atoms with E-state index in [0.717, 1.165) is 13.0 Å². The molecule has 0 spiro atoms. The molecule has 0 saturated carbocycles. The van der Waals surface area contributed by atoms with Crippen LogP contribution in [-0.2, 0) is 0 Å². The van der Waals surface area contributed by atoms with Crippen LogP contribution >= 0.6 is 0 Å². The third-order valence-corrected chi connectivity index (χ3v) is 3.47. The first-order chi connectivity index (χ1) is 8.10. The summed E-state index contributed by atoms with van der Waals surface area (Å²) in [7, 11) is 2.16. The number of nitrogens with two attached hydrogens (primary N) is 1. The smallest absolute Gasteiger partial charge is 0.0412 e. The van der Waals surface area contributed by atoms with Gasteiger partial charge in [0.15, 0.2) is 0 Å². The van der Waals surface area contributed by atoms with Crippen LogP contribution in [0.5, 0.6) is 0 Å².